The van der Waals surface area contributed by atoms with Crippen LogP contribution >= 0.6 is 0 Å². The summed E-state index contributed by atoms with van der Waals surface area (Å²) in [4.78, 5) is 21.6. The monoisotopic (exact) mass is 171 g/mol. The van der Waals surface area contributed by atoms with Crippen molar-refractivity contribution in [1.29, 1.82) is 0 Å². The molecule has 1 fully saturated rings. The molecule has 0 spiro atoms. The van der Waals surface area contributed by atoms with E-state index in [0.29, 0.717) is 12.8 Å². The van der Waals surface area contributed by atoms with Gasteiger partial charge in [0.25, 0.3) is 0 Å². The van der Waals surface area contributed by atoms with Crippen molar-refractivity contribution in [2.75, 3.05) is 0 Å². The normalized spacial score (nSPS) is 20.4. The summed E-state index contributed by atoms with van der Waals surface area (Å²) in [5.74, 6) is -0.451. The van der Waals surface area contributed by atoms with Gasteiger partial charge in [0, 0.05) is 0 Å². The zero-order chi connectivity index (χ0) is 9.19. The Hall–Kier alpha value is -1.10. The Morgan fingerprint density at radius 2 is 1.75 bits per heavy atom. The van der Waals surface area contributed by atoms with Gasteiger partial charge in [-0.2, -0.15) is 0 Å². The molecule has 0 aromatic carbocycles. The van der Waals surface area contributed by atoms with Crippen molar-refractivity contribution in [1.82, 2.24) is 5.32 Å². The Balaban J connectivity index is 2.56. The first-order valence-corrected chi connectivity index (χ1v) is 3.94. The Bertz CT molecular complexity index is 209. The Morgan fingerprint density at radius 3 is 2.17 bits per heavy atom. The van der Waals surface area contributed by atoms with E-state index in [4.69, 9.17) is 11.5 Å². The number of imide groups is 1. The molecular formula is C7H13N3O2. The van der Waals surface area contributed by atoms with E-state index in [2.05, 4.69) is 0 Å². The van der Waals surface area contributed by atoms with Crippen molar-refractivity contribution >= 4 is 11.9 Å². The van der Waals surface area contributed by atoms with E-state index in [1.807, 2.05) is 5.32 Å². The molecule has 0 bridgehead atoms. The third-order valence-electron chi connectivity index (χ3n) is 2.18. The second-order valence-electron chi connectivity index (χ2n) is 3.18. The second-order valence-corrected chi connectivity index (χ2v) is 3.18. The quantitative estimate of drug-likeness (QED) is 0.493. The van der Waals surface area contributed by atoms with Crippen LogP contribution in [-0.2, 0) is 4.79 Å². The molecule has 0 radical (unpaired) electrons. The first kappa shape index (κ1) is 8.99. The van der Waals surface area contributed by atoms with Crippen LogP contribution in [0.5, 0.6) is 0 Å². The van der Waals surface area contributed by atoms with E-state index in [9.17, 15) is 9.59 Å². The summed E-state index contributed by atoms with van der Waals surface area (Å²) in [5, 5.41) is 2.00. The zero-order valence-electron chi connectivity index (χ0n) is 6.80. The number of nitrogens with one attached hydrogen (secondary N) is 1. The minimum Gasteiger partial charge on any atom is -0.351 e. The van der Waals surface area contributed by atoms with Gasteiger partial charge in [-0.25, -0.2) is 4.79 Å². The van der Waals surface area contributed by atoms with Crippen LogP contribution in [0.4, 0.5) is 4.79 Å². The van der Waals surface area contributed by atoms with Gasteiger partial charge in [0.05, 0.1) is 5.54 Å². The fourth-order valence-corrected chi connectivity index (χ4v) is 1.47. The molecule has 3 amide bonds. The Kier molecular flexibility index (Phi) is 2.32. The molecule has 0 heterocycles. The lowest BCUT2D eigenvalue weighted by atomic mass is 9.98. The van der Waals surface area contributed by atoms with Gasteiger partial charge in [0.2, 0.25) is 5.91 Å². The maximum Gasteiger partial charge on any atom is 0.318 e. The molecule has 0 atom stereocenters. The minimum atomic E-state index is -0.866. The van der Waals surface area contributed by atoms with Crippen molar-refractivity contribution in [3.63, 3.8) is 0 Å². The lowest BCUT2D eigenvalue weighted by Crippen LogP contribution is -2.54. The van der Waals surface area contributed by atoms with E-state index in [1.165, 1.54) is 0 Å². The summed E-state index contributed by atoms with van der Waals surface area (Å²) in [6.45, 7) is 0. The van der Waals surface area contributed by atoms with Gasteiger partial charge in [-0.3, -0.25) is 10.1 Å². The van der Waals surface area contributed by atoms with Crippen LogP contribution in [0.15, 0.2) is 0 Å². The lowest BCUT2D eigenvalue weighted by molar-refractivity contribution is -0.124. The highest BCUT2D eigenvalue weighted by molar-refractivity contribution is 5.98. The summed E-state index contributed by atoms with van der Waals surface area (Å²) in [7, 11) is 0. The molecule has 5 heteroatoms. The molecule has 0 aliphatic heterocycles. The van der Waals surface area contributed by atoms with Crippen LogP contribution in [0.3, 0.4) is 0 Å². The first-order valence-electron chi connectivity index (χ1n) is 3.94. The van der Waals surface area contributed by atoms with Gasteiger partial charge in [-0.1, -0.05) is 12.8 Å². The molecule has 0 saturated heterocycles. The summed E-state index contributed by atoms with van der Waals surface area (Å²) in [6.07, 6.45) is 3.13. The predicted octanol–water partition coefficient (Wildman–Crippen LogP) is -0.547. The molecule has 68 valence electrons. The second kappa shape index (κ2) is 3.10. The average molecular weight is 171 g/mol. The standard InChI is InChI=1S/C7H13N3O2/c8-6(12)10-5(11)7(9)3-1-2-4-7/h1-4,9H2,(H3,8,10,11,12). The fourth-order valence-electron chi connectivity index (χ4n) is 1.47. The highest BCUT2D eigenvalue weighted by Gasteiger charge is 2.37. The fraction of sp³-hybridized carbons (Fsp3) is 0.714. The molecule has 1 saturated carbocycles. The maximum atomic E-state index is 11.2. The molecule has 5 N–H and O–H groups in total. The maximum absolute atomic E-state index is 11.2. The smallest absolute Gasteiger partial charge is 0.318 e. The van der Waals surface area contributed by atoms with Crippen molar-refractivity contribution in [3.8, 4) is 0 Å². The number of hydrogen-bond donors (Lipinski definition) is 3. The van der Waals surface area contributed by atoms with Crippen LogP contribution in [0.25, 0.3) is 0 Å². The van der Waals surface area contributed by atoms with Crippen LogP contribution in [0.1, 0.15) is 25.7 Å². The van der Waals surface area contributed by atoms with Crippen molar-refractivity contribution in [3.05, 3.63) is 0 Å². The van der Waals surface area contributed by atoms with E-state index in [0.717, 1.165) is 12.8 Å². The zero-order valence-corrected chi connectivity index (χ0v) is 6.80. The first-order chi connectivity index (χ1) is 5.54. The third kappa shape index (κ3) is 1.73. The summed E-state index contributed by atoms with van der Waals surface area (Å²) in [5.41, 5.74) is 9.66. The van der Waals surface area contributed by atoms with Gasteiger partial charge >= 0.3 is 6.03 Å². The predicted molar refractivity (Wildman–Crippen MR) is 43.1 cm³/mol. The van der Waals surface area contributed by atoms with Crippen LogP contribution in [0, 0.1) is 0 Å². The highest BCUT2D eigenvalue weighted by Crippen LogP contribution is 2.26. The van der Waals surface area contributed by atoms with E-state index in [1.54, 1.807) is 0 Å². The third-order valence-corrected chi connectivity index (χ3v) is 2.18. The lowest BCUT2D eigenvalue weighted by Gasteiger charge is -2.20. The molecule has 1 aliphatic rings. The van der Waals surface area contributed by atoms with Crippen molar-refractivity contribution in [2.24, 2.45) is 11.5 Å². The molecular weight excluding hydrogens is 158 g/mol. The number of nitrogens with two attached hydrogens (primary N) is 2. The number of hydrogen-bond acceptors (Lipinski definition) is 3. The van der Waals surface area contributed by atoms with E-state index >= 15 is 0 Å². The van der Waals surface area contributed by atoms with Gasteiger partial charge in [-0.15, -0.1) is 0 Å². The molecule has 12 heavy (non-hydrogen) atoms. The van der Waals surface area contributed by atoms with Crippen LogP contribution in [-0.4, -0.2) is 17.5 Å². The molecule has 0 aromatic rings. The number of urea groups is 1. The number of primary amides is 1. The molecule has 1 rings (SSSR count). The number of amides is 3. The Morgan fingerprint density at radius 1 is 1.25 bits per heavy atom. The molecule has 0 unspecified atom stereocenters. The van der Waals surface area contributed by atoms with Gasteiger partial charge in [0.15, 0.2) is 0 Å². The van der Waals surface area contributed by atoms with E-state index < -0.39 is 17.5 Å². The number of carbonyl (C=O) groups is 2. The molecule has 5 nitrogen and oxygen atoms in total. The molecule has 1 aliphatic carbocycles. The summed E-state index contributed by atoms with van der Waals surface area (Å²) < 4.78 is 0. The van der Waals surface area contributed by atoms with Gasteiger partial charge < -0.3 is 11.5 Å². The minimum absolute atomic E-state index is 0.451. The van der Waals surface area contributed by atoms with Crippen molar-refractivity contribution < 1.29 is 9.59 Å². The van der Waals surface area contributed by atoms with E-state index in [-0.39, 0.29) is 0 Å². The largest absolute Gasteiger partial charge is 0.351 e. The summed E-state index contributed by atoms with van der Waals surface area (Å²) in [6, 6.07) is -0.836. The van der Waals surface area contributed by atoms with Gasteiger partial charge in [0.1, 0.15) is 0 Å². The van der Waals surface area contributed by atoms with Crippen molar-refractivity contribution in [2.45, 2.75) is 31.2 Å². The average Bonchev–Trinajstić information content (AvgIpc) is 2.36. The van der Waals surface area contributed by atoms with Crippen LogP contribution < -0.4 is 16.8 Å². The van der Waals surface area contributed by atoms with Gasteiger partial charge in [-0.05, 0) is 12.8 Å². The summed E-state index contributed by atoms with van der Waals surface area (Å²) >= 11 is 0. The molecule has 0 aromatic heterocycles. The topological polar surface area (TPSA) is 98.2 Å². The van der Waals surface area contributed by atoms with Crippen LogP contribution in [0.2, 0.25) is 0 Å². The SMILES string of the molecule is NC(=O)NC(=O)C1(N)CCCC1. The Labute approximate surface area is 70.5 Å². The number of carbonyl (C=O) groups excluding carboxylic acids is 2. The number of rotatable bonds is 1. The highest BCUT2D eigenvalue weighted by atomic mass is 16.2.